The summed E-state index contributed by atoms with van der Waals surface area (Å²) in [4.78, 5) is 66.0. The number of carbonyl (C=O) groups excluding carboxylic acids is 5. The molecule has 11 atom stereocenters. The number of unbranched alkanes of at least 4 members (excludes halogenated alkanes) is 1. The van der Waals surface area contributed by atoms with Crippen LogP contribution in [0.5, 0.6) is 0 Å². The molecule has 2 fully saturated rings. The Morgan fingerprint density at radius 2 is 1.28 bits per heavy atom. The van der Waals surface area contributed by atoms with Crippen molar-refractivity contribution in [3.05, 3.63) is 11.6 Å². The highest BCUT2D eigenvalue weighted by Gasteiger charge is 2.74. The van der Waals surface area contributed by atoms with Crippen LogP contribution in [0.4, 0.5) is 0 Å². The van der Waals surface area contributed by atoms with E-state index >= 15 is 0 Å². The number of aliphatic hydroxyl groups excluding tert-OH is 1. The molecule has 11 heteroatoms. The molecule has 3 aliphatic carbocycles. The van der Waals surface area contributed by atoms with Gasteiger partial charge in [-0.3, -0.25) is 24.0 Å². The van der Waals surface area contributed by atoms with Gasteiger partial charge in [0.2, 0.25) is 0 Å². The smallest absolute Gasteiger partial charge is 0.306 e. The van der Waals surface area contributed by atoms with Gasteiger partial charge in [-0.05, 0) is 62.4 Å². The van der Waals surface area contributed by atoms with Crippen molar-refractivity contribution in [2.45, 2.75) is 170 Å². The maximum Gasteiger partial charge on any atom is 0.306 e. The van der Waals surface area contributed by atoms with E-state index in [0.717, 1.165) is 6.42 Å². The maximum absolute atomic E-state index is 13.4. The van der Waals surface area contributed by atoms with Crippen LogP contribution in [0.1, 0.15) is 133 Å². The first-order valence-corrected chi connectivity index (χ1v) is 18.8. The number of hydrogen-bond donors (Lipinski definition) is 1. The first kappa shape index (κ1) is 41.5. The molecule has 3 rings (SSSR count). The van der Waals surface area contributed by atoms with E-state index in [2.05, 4.69) is 0 Å². The van der Waals surface area contributed by atoms with Gasteiger partial charge in [0, 0.05) is 49.4 Å². The molecule has 0 saturated heterocycles. The maximum atomic E-state index is 13.4. The Morgan fingerprint density at radius 1 is 0.760 bits per heavy atom. The fourth-order valence-electron chi connectivity index (χ4n) is 8.92. The zero-order valence-electron chi connectivity index (χ0n) is 32.0. The van der Waals surface area contributed by atoms with Gasteiger partial charge in [-0.15, -0.1) is 0 Å². The molecule has 1 N–H and O–H groups in total. The van der Waals surface area contributed by atoms with Crippen molar-refractivity contribution in [1.82, 2.24) is 0 Å². The van der Waals surface area contributed by atoms with E-state index in [0.29, 0.717) is 31.3 Å². The average Bonchev–Trinajstić information content (AvgIpc) is 3.23. The molecule has 0 aliphatic heterocycles. The summed E-state index contributed by atoms with van der Waals surface area (Å²) in [5.74, 6) is -3.87. The third-order valence-electron chi connectivity index (χ3n) is 11.3. The highest BCUT2D eigenvalue weighted by atomic mass is 16.6. The molecule has 0 aromatic carbocycles. The third-order valence-corrected chi connectivity index (χ3v) is 11.3. The van der Waals surface area contributed by atoms with Crippen molar-refractivity contribution < 1.29 is 52.8 Å². The van der Waals surface area contributed by atoms with E-state index in [-0.39, 0.29) is 38.0 Å². The Labute approximate surface area is 298 Å². The lowest BCUT2D eigenvalue weighted by atomic mass is 9.49. The monoisotopic (exact) mass is 706 g/mol. The third kappa shape index (κ3) is 8.56. The summed E-state index contributed by atoms with van der Waals surface area (Å²) in [5, 5.41) is 11.7. The lowest BCUT2D eigenvalue weighted by Crippen LogP contribution is -2.63. The first-order chi connectivity index (χ1) is 23.5. The average molecular weight is 707 g/mol. The number of allylic oxidation sites excluding steroid dienone is 1. The van der Waals surface area contributed by atoms with Crippen molar-refractivity contribution in [2.75, 3.05) is 0 Å². The van der Waals surface area contributed by atoms with Crippen LogP contribution in [0.2, 0.25) is 0 Å². The Bertz CT molecular complexity index is 1260. The molecule has 0 amide bonds. The van der Waals surface area contributed by atoms with Gasteiger partial charge < -0.3 is 28.8 Å². The van der Waals surface area contributed by atoms with Crippen LogP contribution >= 0.6 is 0 Å². The van der Waals surface area contributed by atoms with Crippen LogP contribution in [-0.4, -0.2) is 71.6 Å². The summed E-state index contributed by atoms with van der Waals surface area (Å²) < 4.78 is 31.1. The number of hydrogen-bond acceptors (Lipinski definition) is 11. The number of rotatable bonds is 15. The van der Waals surface area contributed by atoms with E-state index in [1.165, 1.54) is 6.92 Å². The lowest BCUT2D eigenvalue weighted by molar-refractivity contribution is -0.226. The van der Waals surface area contributed by atoms with Gasteiger partial charge in [0.15, 0.2) is 6.10 Å². The van der Waals surface area contributed by atoms with Crippen molar-refractivity contribution in [3.63, 3.8) is 0 Å². The fraction of sp³-hybridized carbons (Fsp3) is 0.821. The quantitative estimate of drug-likeness (QED) is 0.114. The van der Waals surface area contributed by atoms with Gasteiger partial charge in [-0.1, -0.05) is 67.9 Å². The van der Waals surface area contributed by atoms with Crippen LogP contribution in [0.15, 0.2) is 11.6 Å². The molecule has 0 spiro atoms. The lowest BCUT2D eigenvalue weighted by Gasteiger charge is -2.58. The Hall–Kier alpha value is -2.95. The molecule has 0 unspecified atom stereocenters. The molecule has 0 radical (unpaired) electrons. The van der Waals surface area contributed by atoms with Gasteiger partial charge in [0.1, 0.15) is 30.5 Å². The van der Waals surface area contributed by atoms with Gasteiger partial charge in [0.25, 0.3) is 0 Å². The second-order valence-corrected chi connectivity index (χ2v) is 15.5. The molecule has 50 heavy (non-hydrogen) atoms. The minimum absolute atomic E-state index is 0.111. The van der Waals surface area contributed by atoms with E-state index in [4.69, 9.17) is 23.7 Å². The van der Waals surface area contributed by atoms with Crippen LogP contribution in [-0.2, 0) is 47.7 Å². The second-order valence-electron chi connectivity index (χ2n) is 15.5. The van der Waals surface area contributed by atoms with E-state index < -0.39 is 95.1 Å². The summed E-state index contributed by atoms with van der Waals surface area (Å²) in [6, 6.07) is 0. The summed E-state index contributed by atoms with van der Waals surface area (Å²) in [7, 11) is 0. The predicted octanol–water partition coefficient (Wildman–Crippen LogP) is 6.41. The van der Waals surface area contributed by atoms with Gasteiger partial charge in [-0.25, -0.2) is 0 Å². The largest absolute Gasteiger partial charge is 0.462 e. The normalized spacial score (nSPS) is 34.8. The molecule has 2 saturated carbocycles. The number of esters is 5. The molecule has 0 aromatic rings. The standard InChI is InChI=1S/C39H62O11/c1-11-15-19-30(44)48-34-31(22(5)6)32-25-20-23(7)33(45)35(46-24(8)40)36(49-28(42)17-13-3)38(25,9)21-26(47-27(41)16-12-2)39(32,10)37(34)50-29(43)18-14-4/h20,22,25-26,31-37,45H,11-19,21H2,1-10H3/t25-,26-,31+,32+,33-,34+,35-,36+,37-,38+,39-/m0/s1. The first-order valence-electron chi connectivity index (χ1n) is 18.8. The summed E-state index contributed by atoms with van der Waals surface area (Å²) in [6.07, 6.45) is -0.596. The topological polar surface area (TPSA) is 152 Å². The molecule has 0 heterocycles. The van der Waals surface area contributed by atoms with Crippen molar-refractivity contribution >= 4 is 29.8 Å². The van der Waals surface area contributed by atoms with E-state index in [1.54, 1.807) is 6.92 Å². The summed E-state index contributed by atoms with van der Waals surface area (Å²) in [5.41, 5.74) is -1.60. The molecule has 0 bridgehead atoms. The van der Waals surface area contributed by atoms with Crippen molar-refractivity contribution in [2.24, 2.45) is 34.5 Å². The summed E-state index contributed by atoms with van der Waals surface area (Å²) in [6.45, 7) is 18.5. The van der Waals surface area contributed by atoms with Gasteiger partial charge >= 0.3 is 29.8 Å². The van der Waals surface area contributed by atoms with Crippen LogP contribution < -0.4 is 0 Å². The minimum Gasteiger partial charge on any atom is -0.462 e. The molecule has 0 aromatic heterocycles. The molecule has 284 valence electrons. The number of fused-ring (bicyclic) bond motifs is 3. The SMILES string of the molecule is CCCCC(=O)O[C@@H]1[C@H](C(C)C)[C@H]2[C@@H]3C=C(C)[C@H](O)[C@H](OC(C)=O)[C@@H](OC(=O)CCC)[C@]3(C)C[C@H](OC(=O)CCC)[C@]2(C)[C@H]1OC(=O)CCC. The highest BCUT2D eigenvalue weighted by molar-refractivity contribution is 5.72. The highest BCUT2D eigenvalue weighted by Crippen LogP contribution is 2.67. The Kier molecular flexibility index (Phi) is 14.5. The van der Waals surface area contributed by atoms with Crippen molar-refractivity contribution in [3.8, 4) is 0 Å². The van der Waals surface area contributed by atoms with E-state index in [1.807, 2.05) is 61.5 Å². The summed E-state index contributed by atoms with van der Waals surface area (Å²) >= 11 is 0. The van der Waals surface area contributed by atoms with Crippen molar-refractivity contribution in [1.29, 1.82) is 0 Å². The molecule has 3 aliphatic rings. The molecular formula is C39H62O11. The van der Waals surface area contributed by atoms with Crippen LogP contribution in [0.25, 0.3) is 0 Å². The zero-order chi connectivity index (χ0) is 37.6. The van der Waals surface area contributed by atoms with Crippen LogP contribution in [0.3, 0.4) is 0 Å². The minimum atomic E-state index is -1.30. The van der Waals surface area contributed by atoms with Gasteiger partial charge in [-0.2, -0.15) is 0 Å². The number of carbonyl (C=O) groups is 5. The molecular weight excluding hydrogens is 644 g/mol. The van der Waals surface area contributed by atoms with E-state index in [9.17, 15) is 29.1 Å². The van der Waals surface area contributed by atoms with Crippen LogP contribution in [0, 0.1) is 34.5 Å². The number of ether oxygens (including phenoxy) is 5. The fourth-order valence-corrected chi connectivity index (χ4v) is 8.92. The predicted molar refractivity (Wildman–Crippen MR) is 185 cm³/mol. The Balaban J connectivity index is 2.39. The molecule has 11 nitrogen and oxygen atoms in total. The second kappa shape index (κ2) is 17.5. The van der Waals surface area contributed by atoms with Gasteiger partial charge in [0.05, 0.1) is 0 Å². The Morgan fingerprint density at radius 3 is 1.78 bits per heavy atom. The number of aliphatic hydroxyl groups is 1. The zero-order valence-corrected chi connectivity index (χ0v) is 32.0.